The van der Waals surface area contributed by atoms with Crippen LogP contribution in [0.4, 0.5) is 11.4 Å². The first-order valence-corrected chi connectivity index (χ1v) is 10.2. The van der Waals surface area contributed by atoms with Crippen LogP contribution in [0.15, 0.2) is 48.5 Å². The molecular formula is C24H30N2O2. The topological polar surface area (TPSA) is 49.4 Å². The lowest BCUT2D eigenvalue weighted by Crippen LogP contribution is -2.39. The Kier molecular flexibility index (Phi) is 6.50. The molecule has 2 aromatic rings. The Bertz CT molecular complexity index is 804. The zero-order valence-electron chi connectivity index (χ0n) is 17.1. The molecule has 2 aromatic carbocycles. The molecule has 1 aliphatic rings. The first-order chi connectivity index (χ1) is 13.5. The van der Waals surface area contributed by atoms with Gasteiger partial charge in [0.2, 0.25) is 11.8 Å². The highest BCUT2D eigenvalue weighted by Crippen LogP contribution is 2.32. The minimum Gasteiger partial charge on any atom is -0.326 e. The summed E-state index contributed by atoms with van der Waals surface area (Å²) in [6, 6.07) is 15.9. The number of aryl methyl sites for hydroxylation is 2. The molecule has 1 saturated carbocycles. The van der Waals surface area contributed by atoms with Crippen molar-refractivity contribution in [1.82, 2.24) is 0 Å². The number of carbonyl (C=O) groups excluding carboxylic acids is 2. The SMILES string of the molecule is CCN(C(=O)C1CCC(C(=O)Nc2cc(C)cc(C)c2)CC1)c1ccccc1. The van der Waals surface area contributed by atoms with E-state index in [4.69, 9.17) is 0 Å². The molecule has 1 N–H and O–H groups in total. The molecule has 4 nitrogen and oxygen atoms in total. The second-order valence-corrected chi connectivity index (χ2v) is 7.83. The van der Waals surface area contributed by atoms with Crippen LogP contribution in [0.25, 0.3) is 0 Å². The number of nitrogens with one attached hydrogen (secondary N) is 1. The van der Waals surface area contributed by atoms with Crippen LogP contribution in [-0.4, -0.2) is 18.4 Å². The predicted molar refractivity (Wildman–Crippen MR) is 114 cm³/mol. The van der Waals surface area contributed by atoms with Crippen molar-refractivity contribution in [3.63, 3.8) is 0 Å². The van der Waals surface area contributed by atoms with Crippen LogP contribution in [0.3, 0.4) is 0 Å². The van der Waals surface area contributed by atoms with Gasteiger partial charge in [-0.2, -0.15) is 0 Å². The van der Waals surface area contributed by atoms with Crippen LogP contribution in [0, 0.1) is 25.7 Å². The van der Waals surface area contributed by atoms with Gasteiger partial charge in [0.25, 0.3) is 0 Å². The first-order valence-electron chi connectivity index (χ1n) is 10.2. The van der Waals surface area contributed by atoms with E-state index in [2.05, 4.69) is 11.4 Å². The van der Waals surface area contributed by atoms with E-state index < -0.39 is 0 Å². The lowest BCUT2D eigenvalue weighted by atomic mass is 9.80. The highest BCUT2D eigenvalue weighted by Gasteiger charge is 2.32. The van der Waals surface area contributed by atoms with Gasteiger partial charge >= 0.3 is 0 Å². The Hall–Kier alpha value is -2.62. The van der Waals surface area contributed by atoms with Crippen molar-refractivity contribution in [2.45, 2.75) is 46.5 Å². The standard InChI is InChI=1S/C24H30N2O2/c1-4-26(22-8-6-5-7-9-22)24(28)20-12-10-19(11-13-20)23(27)25-21-15-17(2)14-18(3)16-21/h5-9,14-16,19-20H,4,10-13H2,1-3H3,(H,25,27). The number of nitrogens with zero attached hydrogens (tertiary/aromatic N) is 1. The van der Waals surface area contributed by atoms with Gasteiger partial charge in [0.1, 0.15) is 0 Å². The summed E-state index contributed by atoms with van der Waals surface area (Å²) in [6.07, 6.45) is 3.07. The van der Waals surface area contributed by atoms with Crippen molar-refractivity contribution >= 4 is 23.2 Å². The molecular weight excluding hydrogens is 348 g/mol. The number of rotatable bonds is 5. The average molecular weight is 379 g/mol. The highest BCUT2D eigenvalue weighted by molar-refractivity contribution is 5.96. The maximum Gasteiger partial charge on any atom is 0.230 e. The highest BCUT2D eigenvalue weighted by atomic mass is 16.2. The Morgan fingerprint density at radius 3 is 2.07 bits per heavy atom. The van der Waals surface area contributed by atoms with E-state index in [1.807, 2.05) is 68.1 Å². The fourth-order valence-electron chi connectivity index (χ4n) is 4.19. The summed E-state index contributed by atoms with van der Waals surface area (Å²) >= 11 is 0. The van der Waals surface area contributed by atoms with E-state index in [-0.39, 0.29) is 23.7 Å². The lowest BCUT2D eigenvalue weighted by molar-refractivity contribution is -0.126. The van der Waals surface area contributed by atoms with Gasteiger partial charge in [-0.15, -0.1) is 0 Å². The summed E-state index contributed by atoms with van der Waals surface area (Å²) in [5.74, 6) is 0.246. The maximum absolute atomic E-state index is 13.0. The second kappa shape index (κ2) is 9.05. The van der Waals surface area contributed by atoms with Gasteiger partial charge in [0.15, 0.2) is 0 Å². The van der Waals surface area contributed by atoms with E-state index in [1.54, 1.807) is 0 Å². The van der Waals surface area contributed by atoms with Gasteiger partial charge in [0.05, 0.1) is 0 Å². The molecule has 0 radical (unpaired) electrons. The van der Waals surface area contributed by atoms with Crippen molar-refractivity contribution < 1.29 is 9.59 Å². The quantitative estimate of drug-likeness (QED) is 0.787. The Morgan fingerprint density at radius 1 is 0.929 bits per heavy atom. The molecule has 28 heavy (non-hydrogen) atoms. The third kappa shape index (κ3) is 4.80. The van der Waals surface area contributed by atoms with Crippen LogP contribution >= 0.6 is 0 Å². The van der Waals surface area contributed by atoms with Crippen molar-refractivity contribution in [2.75, 3.05) is 16.8 Å². The minimum absolute atomic E-state index is 0.00502. The van der Waals surface area contributed by atoms with Crippen LogP contribution in [-0.2, 0) is 9.59 Å². The van der Waals surface area contributed by atoms with Crippen LogP contribution in [0.5, 0.6) is 0 Å². The van der Waals surface area contributed by atoms with E-state index in [1.165, 1.54) is 0 Å². The fraction of sp³-hybridized carbons (Fsp3) is 0.417. The Balaban J connectivity index is 1.57. The van der Waals surface area contributed by atoms with Gasteiger partial charge in [0, 0.05) is 29.8 Å². The fourth-order valence-corrected chi connectivity index (χ4v) is 4.19. The Labute approximate surface area is 167 Å². The number of hydrogen-bond donors (Lipinski definition) is 1. The summed E-state index contributed by atoms with van der Waals surface area (Å²) in [4.78, 5) is 27.5. The third-order valence-electron chi connectivity index (χ3n) is 5.59. The number of para-hydroxylation sites is 1. The number of carbonyl (C=O) groups is 2. The third-order valence-corrected chi connectivity index (χ3v) is 5.59. The maximum atomic E-state index is 13.0. The van der Waals surface area contributed by atoms with Gasteiger partial charge in [-0.25, -0.2) is 0 Å². The Morgan fingerprint density at radius 2 is 1.50 bits per heavy atom. The molecule has 148 valence electrons. The van der Waals surface area contributed by atoms with Crippen molar-refractivity contribution in [2.24, 2.45) is 11.8 Å². The summed E-state index contributed by atoms with van der Waals surface area (Å²) in [6.45, 7) is 6.74. The molecule has 0 atom stereocenters. The van der Waals surface area contributed by atoms with Gasteiger partial charge < -0.3 is 10.2 Å². The van der Waals surface area contributed by atoms with Crippen LogP contribution in [0.1, 0.15) is 43.7 Å². The molecule has 0 saturated heterocycles. The zero-order valence-corrected chi connectivity index (χ0v) is 17.1. The zero-order chi connectivity index (χ0) is 20.1. The number of amides is 2. The van der Waals surface area contributed by atoms with Gasteiger partial charge in [-0.3, -0.25) is 9.59 Å². The molecule has 0 heterocycles. The monoisotopic (exact) mass is 378 g/mol. The normalized spacial score (nSPS) is 19.1. The molecule has 0 spiro atoms. The van der Waals surface area contributed by atoms with E-state index in [0.717, 1.165) is 48.2 Å². The molecule has 0 aliphatic heterocycles. The minimum atomic E-state index is -0.0170. The van der Waals surface area contributed by atoms with Crippen molar-refractivity contribution in [1.29, 1.82) is 0 Å². The van der Waals surface area contributed by atoms with E-state index in [9.17, 15) is 9.59 Å². The van der Waals surface area contributed by atoms with Crippen LogP contribution < -0.4 is 10.2 Å². The molecule has 3 rings (SSSR count). The van der Waals surface area contributed by atoms with Gasteiger partial charge in [-0.05, 0) is 81.8 Å². The summed E-state index contributed by atoms with van der Waals surface area (Å²) < 4.78 is 0. The van der Waals surface area contributed by atoms with Crippen molar-refractivity contribution in [3.8, 4) is 0 Å². The second-order valence-electron chi connectivity index (χ2n) is 7.83. The molecule has 2 amide bonds. The summed E-state index contributed by atoms with van der Waals surface area (Å²) in [5.41, 5.74) is 4.10. The average Bonchev–Trinajstić information content (AvgIpc) is 2.68. The molecule has 4 heteroatoms. The van der Waals surface area contributed by atoms with Gasteiger partial charge in [-0.1, -0.05) is 24.3 Å². The first kappa shape index (κ1) is 20.1. The predicted octanol–water partition coefficient (Wildman–Crippen LogP) is 5.10. The molecule has 1 aliphatic carbocycles. The summed E-state index contributed by atoms with van der Waals surface area (Å²) in [7, 11) is 0. The number of anilines is 2. The van der Waals surface area contributed by atoms with Crippen LogP contribution in [0.2, 0.25) is 0 Å². The van der Waals surface area contributed by atoms with E-state index in [0.29, 0.717) is 6.54 Å². The molecule has 1 fully saturated rings. The molecule has 0 unspecified atom stereocenters. The molecule has 0 aromatic heterocycles. The van der Waals surface area contributed by atoms with Crippen molar-refractivity contribution in [3.05, 3.63) is 59.7 Å². The van der Waals surface area contributed by atoms with E-state index >= 15 is 0 Å². The smallest absolute Gasteiger partial charge is 0.230 e. The largest absolute Gasteiger partial charge is 0.326 e. The number of benzene rings is 2. The molecule has 0 bridgehead atoms. The number of hydrogen-bond acceptors (Lipinski definition) is 2. The lowest BCUT2D eigenvalue weighted by Gasteiger charge is -2.31. The summed E-state index contributed by atoms with van der Waals surface area (Å²) in [5, 5.41) is 3.06.